The van der Waals surface area contributed by atoms with Crippen LogP contribution in [-0.4, -0.2) is 57.6 Å². The van der Waals surface area contributed by atoms with Gasteiger partial charge in [0.2, 0.25) is 5.95 Å². The number of imidazole rings is 1. The van der Waals surface area contributed by atoms with Gasteiger partial charge in [-0.15, -0.1) is 0 Å². The van der Waals surface area contributed by atoms with Gasteiger partial charge < -0.3 is 20.0 Å². The van der Waals surface area contributed by atoms with Gasteiger partial charge in [-0.05, 0) is 25.1 Å². The highest BCUT2D eigenvalue weighted by Gasteiger charge is 2.21. The zero-order valence-corrected chi connectivity index (χ0v) is 14.1. The molecule has 0 amide bonds. The molecule has 4 heterocycles. The maximum absolute atomic E-state index is 5.82. The highest BCUT2D eigenvalue weighted by Crippen LogP contribution is 2.23. The largest absolute Gasteiger partial charge is 0.465 e. The van der Waals surface area contributed by atoms with Crippen molar-refractivity contribution in [1.29, 1.82) is 0 Å². The number of fused-ring (bicyclic) bond motifs is 1. The lowest BCUT2D eigenvalue weighted by molar-refractivity contribution is 0.278. The Labute approximate surface area is 145 Å². The highest BCUT2D eigenvalue weighted by molar-refractivity contribution is 5.84. The van der Waals surface area contributed by atoms with Crippen molar-refractivity contribution in [3.63, 3.8) is 0 Å². The van der Waals surface area contributed by atoms with Crippen molar-refractivity contribution in [2.75, 3.05) is 43.4 Å². The van der Waals surface area contributed by atoms with Gasteiger partial charge in [-0.3, -0.25) is 4.90 Å². The molecule has 0 radical (unpaired) electrons. The van der Waals surface area contributed by atoms with Crippen molar-refractivity contribution >= 4 is 29.0 Å². The lowest BCUT2D eigenvalue weighted by Crippen LogP contribution is -2.47. The molecular weight excluding hydrogens is 318 g/mol. The van der Waals surface area contributed by atoms with Gasteiger partial charge in [0.05, 0.1) is 12.6 Å². The molecule has 3 aromatic rings. The molecule has 130 valence electrons. The number of aromatic nitrogens is 4. The van der Waals surface area contributed by atoms with E-state index in [-0.39, 0.29) is 5.95 Å². The third kappa shape index (κ3) is 3.34. The summed E-state index contributed by atoms with van der Waals surface area (Å²) in [5.74, 6) is 1.99. The van der Waals surface area contributed by atoms with Crippen LogP contribution in [0.5, 0.6) is 0 Å². The number of nitrogen functional groups attached to an aromatic ring is 1. The summed E-state index contributed by atoms with van der Waals surface area (Å²) < 4.78 is 5.37. The second-order valence-corrected chi connectivity index (χ2v) is 6.28. The molecule has 8 nitrogen and oxygen atoms in total. The first-order valence-electron chi connectivity index (χ1n) is 8.33. The number of hydrogen-bond donors (Lipinski definition) is 2. The Morgan fingerprint density at radius 1 is 1.32 bits per heavy atom. The molecule has 0 aromatic carbocycles. The molecule has 3 N–H and O–H groups in total. The molecule has 0 saturated carbocycles. The van der Waals surface area contributed by atoms with Crippen molar-refractivity contribution in [1.82, 2.24) is 24.8 Å². The van der Waals surface area contributed by atoms with E-state index in [1.165, 1.54) is 5.57 Å². The number of furan rings is 1. The average Bonchev–Trinajstić information content (AvgIpc) is 3.26. The maximum atomic E-state index is 5.82. The number of rotatable bonds is 4. The van der Waals surface area contributed by atoms with E-state index in [2.05, 4.69) is 42.7 Å². The van der Waals surface area contributed by atoms with Crippen LogP contribution in [0.4, 0.5) is 11.8 Å². The van der Waals surface area contributed by atoms with E-state index in [0.29, 0.717) is 5.65 Å². The van der Waals surface area contributed by atoms with Crippen molar-refractivity contribution < 1.29 is 4.42 Å². The van der Waals surface area contributed by atoms with Gasteiger partial charge in [0.15, 0.2) is 11.5 Å². The lowest BCUT2D eigenvalue weighted by Gasteiger charge is -2.35. The van der Waals surface area contributed by atoms with Crippen LogP contribution >= 0.6 is 0 Å². The first-order chi connectivity index (χ1) is 12.2. The van der Waals surface area contributed by atoms with Gasteiger partial charge >= 0.3 is 0 Å². The van der Waals surface area contributed by atoms with E-state index >= 15 is 0 Å². The highest BCUT2D eigenvalue weighted by atomic mass is 16.3. The Morgan fingerprint density at radius 3 is 2.92 bits per heavy atom. The molecule has 0 atom stereocenters. The molecule has 0 unspecified atom stereocenters. The summed E-state index contributed by atoms with van der Waals surface area (Å²) in [5.41, 5.74) is 8.56. The summed E-state index contributed by atoms with van der Waals surface area (Å²) in [7, 11) is 0. The summed E-state index contributed by atoms with van der Waals surface area (Å²) in [6, 6.07) is 3.87. The molecule has 25 heavy (non-hydrogen) atoms. The summed E-state index contributed by atoms with van der Waals surface area (Å²) >= 11 is 0. The normalized spacial score (nSPS) is 16.7. The Balaban J connectivity index is 1.42. The Morgan fingerprint density at radius 2 is 2.16 bits per heavy atom. The van der Waals surface area contributed by atoms with Gasteiger partial charge in [-0.1, -0.05) is 5.57 Å². The molecule has 0 aliphatic carbocycles. The first kappa shape index (κ1) is 15.6. The maximum Gasteiger partial charge on any atom is 0.224 e. The van der Waals surface area contributed by atoms with Crippen molar-refractivity contribution in [2.24, 2.45) is 0 Å². The molecule has 8 heteroatoms. The standard InChI is InChI=1S/C17H21N7O/c1-12(9-13-3-2-8-25-13)10-23-4-6-24(7-5-23)16-14-15(20-11-19-14)21-17(18)22-16/h2-3,8-9,11H,4-7,10H2,1H3,(H3,18,19,20,21,22). The third-order valence-corrected chi connectivity index (χ3v) is 4.36. The fraction of sp³-hybridized carbons (Fsp3) is 0.353. The smallest absolute Gasteiger partial charge is 0.224 e. The second-order valence-electron chi connectivity index (χ2n) is 6.28. The zero-order valence-electron chi connectivity index (χ0n) is 14.1. The van der Waals surface area contributed by atoms with Crippen LogP contribution in [0.1, 0.15) is 12.7 Å². The third-order valence-electron chi connectivity index (χ3n) is 4.36. The van der Waals surface area contributed by atoms with E-state index in [1.54, 1.807) is 12.6 Å². The molecular formula is C17H21N7O. The fourth-order valence-electron chi connectivity index (χ4n) is 3.20. The Hall–Kier alpha value is -2.87. The molecule has 0 spiro atoms. The number of aromatic amines is 1. The van der Waals surface area contributed by atoms with E-state index in [9.17, 15) is 0 Å². The predicted octanol–water partition coefficient (Wildman–Crippen LogP) is 1.75. The van der Waals surface area contributed by atoms with E-state index in [1.807, 2.05) is 12.1 Å². The quantitative estimate of drug-likeness (QED) is 0.747. The van der Waals surface area contributed by atoms with Crippen LogP contribution in [-0.2, 0) is 0 Å². The van der Waals surface area contributed by atoms with Gasteiger partial charge in [0, 0.05) is 32.7 Å². The number of piperazine rings is 1. The minimum absolute atomic E-state index is 0.259. The SMILES string of the molecule is CC(=Cc1ccco1)CN1CCN(c2nc(N)nc3nc[nH]c23)CC1. The molecule has 1 saturated heterocycles. The van der Waals surface area contributed by atoms with Crippen LogP contribution in [0.3, 0.4) is 0 Å². The summed E-state index contributed by atoms with van der Waals surface area (Å²) in [4.78, 5) is 20.5. The van der Waals surface area contributed by atoms with Crippen molar-refractivity contribution in [3.05, 3.63) is 36.1 Å². The molecule has 3 aromatic heterocycles. The van der Waals surface area contributed by atoms with Gasteiger partial charge in [-0.2, -0.15) is 9.97 Å². The number of anilines is 2. The number of hydrogen-bond acceptors (Lipinski definition) is 7. The summed E-state index contributed by atoms with van der Waals surface area (Å²) in [6.07, 6.45) is 5.41. The Kier molecular flexibility index (Phi) is 4.10. The van der Waals surface area contributed by atoms with Gasteiger partial charge in [0.25, 0.3) is 0 Å². The summed E-state index contributed by atoms with van der Waals surface area (Å²) in [5, 5.41) is 0. The van der Waals surface area contributed by atoms with E-state index < -0.39 is 0 Å². The van der Waals surface area contributed by atoms with Gasteiger partial charge in [-0.25, -0.2) is 4.98 Å². The molecule has 4 rings (SSSR count). The lowest BCUT2D eigenvalue weighted by atomic mass is 10.2. The number of nitrogens with one attached hydrogen (secondary N) is 1. The number of H-pyrrole nitrogens is 1. The zero-order chi connectivity index (χ0) is 17.2. The number of nitrogens with two attached hydrogens (primary N) is 1. The second kappa shape index (κ2) is 6.56. The van der Waals surface area contributed by atoms with Crippen molar-refractivity contribution in [3.8, 4) is 0 Å². The topological polar surface area (TPSA) is 100 Å². The first-order valence-corrected chi connectivity index (χ1v) is 8.33. The van der Waals surface area contributed by atoms with Crippen LogP contribution in [0.25, 0.3) is 17.2 Å². The predicted molar refractivity (Wildman–Crippen MR) is 97.1 cm³/mol. The average molecular weight is 339 g/mol. The number of nitrogens with zero attached hydrogens (tertiary/aromatic N) is 5. The van der Waals surface area contributed by atoms with Gasteiger partial charge in [0.1, 0.15) is 11.3 Å². The van der Waals surface area contributed by atoms with E-state index in [0.717, 1.165) is 49.8 Å². The van der Waals surface area contributed by atoms with E-state index in [4.69, 9.17) is 10.2 Å². The van der Waals surface area contributed by atoms with Crippen LogP contribution in [0, 0.1) is 0 Å². The van der Waals surface area contributed by atoms with Crippen LogP contribution < -0.4 is 10.6 Å². The fourth-order valence-corrected chi connectivity index (χ4v) is 3.20. The van der Waals surface area contributed by atoms with Crippen LogP contribution in [0.15, 0.2) is 34.7 Å². The van der Waals surface area contributed by atoms with Crippen LogP contribution in [0.2, 0.25) is 0 Å². The summed E-state index contributed by atoms with van der Waals surface area (Å²) in [6.45, 7) is 6.76. The Bertz CT molecular complexity index is 876. The molecule has 1 aliphatic heterocycles. The monoisotopic (exact) mass is 339 g/mol. The minimum atomic E-state index is 0.259. The van der Waals surface area contributed by atoms with Crippen molar-refractivity contribution in [2.45, 2.75) is 6.92 Å². The molecule has 0 bridgehead atoms. The molecule has 1 fully saturated rings. The minimum Gasteiger partial charge on any atom is -0.465 e. The molecule has 1 aliphatic rings.